The van der Waals surface area contributed by atoms with E-state index < -0.39 is 10.0 Å². The van der Waals surface area contributed by atoms with Crippen LogP contribution in [0.5, 0.6) is 5.75 Å². The number of sulfonamides is 1. The first-order valence-corrected chi connectivity index (χ1v) is 10.9. The van der Waals surface area contributed by atoms with E-state index in [9.17, 15) is 13.2 Å². The number of nitrogens with zero attached hydrogens (tertiary/aromatic N) is 2. The van der Waals surface area contributed by atoms with E-state index in [0.29, 0.717) is 31.8 Å². The number of amides is 1. The summed E-state index contributed by atoms with van der Waals surface area (Å²) in [5, 5.41) is 0. The summed E-state index contributed by atoms with van der Waals surface area (Å²) in [6, 6.07) is 13.8. The fourth-order valence-corrected chi connectivity index (χ4v) is 4.49. The Morgan fingerprint density at radius 1 is 1.00 bits per heavy atom. The Balaban J connectivity index is 2.25. The predicted octanol–water partition coefficient (Wildman–Crippen LogP) is 3.39. The molecule has 0 heterocycles. The van der Waals surface area contributed by atoms with Gasteiger partial charge in [0.05, 0.1) is 11.5 Å². The predicted molar refractivity (Wildman–Crippen MR) is 110 cm³/mol. The van der Waals surface area contributed by atoms with Gasteiger partial charge >= 0.3 is 0 Å². The Morgan fingerprint density at radius 2 is 1.68 bits per heavy atom. The van der Waals surface area contributed by atoms with Crippen LogP contribution < -0.4 is 4.74 Å². The molecule has 0 bridgehead atoms. The average molecular weight is 405 g/mol. The molecule has 2 aromatic rings. The maximum absolute atomic E-state index is 12.9. The molecule has 7 heteroatoms. The smallest absolute Gasteiger partial charge is 0.253 e. The summed E-state index contributed by atoms with van der Waals surface area (Å²) >= 11 is 0. The molecule has 0 aliphatic carbocycles. The van der Waals surface area contributed by atoms with Crippen molar-refractivity contribution >= 4 is 15.9 Å². The van der Waals surface area contributed by atoms with Gasteiger partial charge in [0, 0.05) is 37.8 Å². The quantitative estimate of drug-likeness (QED) is 0.643. The van der Waals surface area contributed by atoms with E-state index in [1.54, 1.807) is 37.9 Å². The monoisotopic (exact) mass is 404 g/mol. The molecule has 0 unspecified atom stereocenters. The molecule has 0 saturated heterocycles. The van der Waals surface area contributed by atoms with Gasteiger partial charge in [0.2, 0.25) is 10.0 Å². The molecule has 0 N–H and O–H groups in total. The second kappa shape index (κ2) is 9.71. The highest BCUT2D eigenvalue weighted by atomic mass is 32.2. The molecule has 0 atom stereocenters. The van der Waals surface area contributed by atoms with Crippen molar-refractivity contribution in [1.29, 1.82) is 0 Å². The van der Waals surface area contributed by atoms with Gasteiger partial charge in [0.15, 0.2) is 0 Å². The van der Waals surface area contributed by atoms with Crippen molar-refractivity contribution < 1.29 is 17.9 Å². The third-order valence-corrected chi connectivity index (χ3v) is 6.50. The van der Waals surface area contributed by atoms with Gasteiger partial charge in [-0.15, -0.1) is 0 Å². The first kappa shape index (κ1) is 21.9. The number of benzene rings is 2. The van der Waals surface area contributed by atoms with Crippen LogP contribution in [0.3, 0.4) is 0 Å². The van der Waals surface area contributed by atoms with Crippen molar-refractivity contribution in [3.63, 3.8) is 0 Å². The highest BCUT2D eigenvalue weighted by molar-refractivity contribution is 7.89. The molecule has 28 heavy (non-hydrogen) atoms. The van der Waals surface area contributed by atoms with E-state index in [0.717, 1.165) is 11.3 Å². The lowest BCUT2D eigenvalue weighted by Gasteiger charge is -2.21. The van der Waals surface area contributed by atoms with E-state index in [1.165, 1.54) is 16.4 Å². The van der Waals surface area contributed by atoms with Crippen molar-refractivity contribution in [3.8, 4) is 5.75 Å². The number of hydrogen-bond donors (Lipinski definition) is 0. The first-order valence-electron chi connectivity index (χ1n) is 9.41. The van der Waals surface area contributed by atoms with Crippen molar-refractivity contribution in [2.45, 2.75) is 32.2 Å². The fraction of sp³-hybridized carbons (Fsp3) is 0.381. The molecule has 0 saturated carbocycles. The van der Waals surface area contributed by atoms with Crippen LogP contribution in [0, 0.1) is 0 Å². The molecule has 0 spiro atoms. The summed E-state index contributed by atoms with van der Waals surface area (Å²) in [7, 11) is -1.92. The van der Waals surface area contributed by atoms with Crippen LogP contribution in [0.25, 0.3) is 0 Å². The molecule has 2 aromatic carbocycles. The van der Waals surface area contributed by atoms with Gasteiger partial charge in [-0.1, -0.05) is 38.1 Å². The lowest BCUT2D eigenvalue weighted by atomic mass is 10.1. The van der Waals surface area contributed by atoms with E-state index in [4.69, 9.17) is 4.74 Å². The zero-order valence-corrected chi connectivity index (χ0v) is 17.7. The number of para-hydroxylation sites is 1. The molecule has 0 radical (unpaired) electrons. The van der Waals surface area contributed by atoms with E-state index in [2.05, 4.69) is 0 Å². The summed E-state index contributed by atoms with van der Waals surface area (Å²) in [5.74, 6) is 0.491. The molecule has 1 amide bonds. The van der Waals surface area contributed by atoms with Crippen LogP contribution >= 0.6 is 0 Å². The van der Waals surface area contributed by atoms with Crippen molar-refractivity contribution in [1.82, 2.24) is 9.21 Å². The second-order valence-electron chi connectivity index (χ2n) is 6.32. The number of carbonyl (C=O) groups excluding carboxylic acids is 1. The third kappa shape index (κ3) is 4.91. The molecular weight excluding hydrogens is 376 g/mol. The number of ether oxygens (including phenoxy) is 1. The Labute approximate surface area is 167 Å². The van der Waals surface area contributed by atoms with Gasteiger partial charge in [0.1, 0.15) is 5.75 Å². The summed E-state index contributed by atoms with van der Waals surface area (Å²) in [4.78, 5) is 14.6. The molecule has 0 aliphatic rings. The summed E-state index contributed by atoms with van der Waals surface area (Å²) in [6.07, 6.45) is 0. The van der Waals surface area contributed by atoms with Crippen LogP contribution in [0.4, 0.5) is 0 Å². The summed E-state index contributed by atoms with van der Waals surface area (Å²) in [6.45, 7) is 7.16. The van der Waals surface area contributed by atoms with E-state index in [-0.39, 0.29) is 10.8 Å². The molecule has 152 valence electrons. The Kier molecular flexibility index (Phi) is 7.60. The molecule has 0 aliphatic heterocycles. The van der Waals surface area contributed by atoms with Gasteiger partial charge < -0.3 is 9.64 Å². The van der Waals surface area contributed by atoms with Crippen LogP contribution in [-0.2, 0) is 16.6 Å². The van der Waals surface area contributed by atoms with Crippen LogP contribution in [0.1, 0.15) is 36.7 Å². The largest absolute Gasteiger partial charge is 0.494 e. The zero-order chi connectivity index (χ0) is 20.7. The maximum Gasteiger partial charge on any atom is 0.253 e. The van der Waals surface area contributed by atoms with Gasteiger partial charge in [0.25, 0.3) is 5.91 Å². The Morgan fingerprint density at radius 3 is 2.32 bits per heavy atom. The minimum atomic E-state index is -3.61. The second-order valence-corrected chi connectivity index (χ2v) is 8.26. The minimum absolute atomic E-state index is 0.130. The molecular formula is C21H28N2O4S. The third-order valence-electron chi connectivity index (χ3n) is 4.45. The number of hydrogen-bond acceptors (Lipinski definition) is 4. The van der Waals surface area contributed by atoms with E-state index in [1.807, 2.05) is 31.2 Å². The highest BCUT2D eigenvalue weighted by Gasteiger charge is 2.23. The standard InChI is InChI=1S/C21H28N2O4S/c1-5-23(6-2)28(25,26)19-13-10-12-17(15-19)21(24)22(4)16-18-11-8-9-14-20(18)27-7-3/h8-15H,5-7,16H2,1-4H3. The van der Waals surface area contributed by atoms with Crippen LogP contribution in [0.15, 0.2) is 53.4 Å². The lowest BCUT2D eigenvalue weighted by molar-refractivity contribution is 0.0783. The highest BCUT2D eigenvalue weighted by Crippen LogP contribution is 2.21. The lowest BCUT2D eigenvalue weighted by Crippen LogP contribution is -2.31. The van der Waals surface area contributed by atoms with Gasteiger partial charge in [-0.2, -0.15) is 4.31 Å². The molecule has 2 rings (SSSR count). The molecule has 0 aromatic heterocycles. The SMILES string of the molecule is CCOc1ccccc1CN(C)C(=O)c1cccc(S(=O)(=O)N(CC)CC)c1. The number of carbonyl (C=O) groups is 1. The van der Waals surface area contributed by atoms with Gasteiger partial charge in [-0.25, -0.2) is 8.42 Å². The average Bonchev–Trinajstić information content (AvgIpc) is 2.70. The molecule has 6 nitrogen and oxygen atoms in total. The first-order chi connectivity index (χ1) is 13.3. The van der Waals surface area contributed by atoms with E-state index >= 15 is 0 Å². The topological polar surface area (TPSA) is 66.9 Å². The van der Waals surface area contributed by atoms with Gasteiger partial charge in [-0.05, 0) is 31.2 Å². The van der Waals surface area contributed by atoms with Crippen molar-refractivity contribution in [2.24, 2.45) is 0 Å². The normalized spacial score (nSPS) is 11.5. The van der Waals surface area contributed by atoms with Crippen molar-refractivity contribution in [3.05, 3.63) is 59.7 Å². The number of rotatable bonds is 9. The van der Waals surface area contributed by atoms with Crippen LogP contribution in [-0.4, -0.2) is 50.3 Å². The fourth-order valence-electron chi connectivity index (χ4n) is 2.98. The van der Waals surface area contributed by atoms with Gasteiger partial charge in [-0.3, -0.25) is 4.79 Å². The Bertz CT molecular complexity index is 908. The summed E-state index contributed by atoms with van der Waals surface area (Å²) < 4.78 is 32.5. The van der Waals surface area contributed by atoms with Crippen LogP contribution in [0.2, 0.25) is 0 Å². The summed E-state index contributed by atoms with van der Waals surface area (Å²) in [5.41, 5.74) is 1.23. The zero-order valence-electron chi connectivity index (χ0n) is 16.9. The maximum atomic E-state index is 12.9. The van der Waals surface area contributed by atoms with Crippen molar-refractivity contribution in [2.75, 3.05) is 26.7 Å². The molecule has 0 fully saturated rings. The minimum Gasteiger partial charge on any atom is -0.494 e. The Hall–Kier alpha value is -2.38.